The molecule has 0 aliphatic carbocycles. The molecule has 0 saturated carbocycles. The first-order chi connectivity index (χ1) is 4.57. The van der Waals surface area contributed by atoms with E-state index in [0.29, 0.717) is 0 Å². The number of aliphatic hydroxyl groups excluding tert-OH is 3. The molecule has 0 unspecified atom stereocenters. The van der Waals surface area contributed by atoms with Crippen molar-refractivity contribution in [2.75, 3.05) is 6.61 Å². The first-order valence-corrected chi connectivity index (χ1v) is 2.74. The molecular weight excluding hydrogens is 179 g/mol. The molecule has 2 atom stereocenters. The number of carboxylic acids is 1. The predicted octanol–water partition coefficient (Wildman–Crippen LogP) is -6.16. The van der Waals surface area contributed by atoms with Gasteiger partial charge in [0.1, 0.15) is 6.10 Å². The molecule has 0 aromatic rings. The van der Waals surface area contributed by atoms with Gasteiger partial charge in [0, 0.05) is 12.4 Å². The number of aliphatic carboxylic acids is 1. The zero-order valence-electron chi connectivity index (χ0n) is 6.23. The number of hydrogen-bond donors (Lipinski definition) is 3. The number of carbonyl (C=O) groups is 1. The Morgan fingerprint density at radius 3 is 2.09 bits per heavy atom. The number of hydrogen-bond acceptors (Lipinski definition) is 5. The maximum Gasteiger partial charge on any atom is 1.00 e. The molecule has 0 saturated heterocycles. The number of rotatable bonds is 4. The average molecular weight is 188 g/mol. The second-order valence-corrected chi connectivity index (χ2v) is 1.89. The van der Waals surface area contributed by atoms with E-state index in [4.69, 9.17) is 15.3 Å². The Balaban J connectivity index is 0. The number of carboxylic acid groups (broad SMARTS) is 1. The van der Waals surface area contributed by atoms with E-state index in [1.165, 1.54) is 0 Å². The molecule has 0 amide bonds. The van der Waals surface area contributed by atoms with Crippen molar-refractivity contribution >= 4 is 5.97 Å². The minimum Gasteiger partial charge on any atom is -0.550 e. The smallest absolute Gasteiger partial charge is 0.550 e. The van der Waals surface area contributed by atoms with E-state index in [1.807, 2.05) is 0 Å². The van der Waals surface area contributed by atoms with Crippen LogP contribution in [0, 0.1) is 0 Å². The van der Waals surface area contributed by atoms with E-state index < -0.39 is 31.2 Å². The summed E-state index contributed by atoms with van der Waals surface area (Å²) in [5.41, 5.74) is 0. The van der Waals surface area contributed by atoms with Crippen LogP contribution in [0.5, 0.6) is 0 Å². The van der Waals surface area contributed by atoms with Crippen LogP contribution in [0.25, 0.3) is 0 Å². The van der Waals surface area contributed by atoms with Crippen LogP contribution in [0.4, 0.5) is 0 Å². The number of aliphatic hydroxyl groups is 3. The van der Waals surface area contributed by atoms with Gasteiger partial charge in [-0.2, -0.15) is 0 Å². The van der Waals surface area contributed by atoms with Crippen LogP contribution < -0.4 is 56.5 Å². The quantitative estimate of drug-likeness (QED) is 0.381. The molecule has 3 N–H and O–H groups in total. The van der Waals surface area contributed by atoms with Gasteiger partial charge >= 0.3 is 51.4 Å². The molecule has 0 radical (unpaired) electrons. The van der Waals surface area contributed by atoms with Crippen LogP contribution in [0.3, 0.4) is 0 Å². The molecule has 0 aliphatic rings. The van der Waals surface area contributed by atoms with Crippen LogP contribution in [0.2, 0.25) is 0 Å². The van der Waals surface area contributed by atoms with Gasteiger partial charge in [0.15, 0.2) is 0 Å². The molecule has 60 valence electrons. The van der Waals surface area contributed by atoms with Crippen molar-refractivity contribution in [3.63, 3.8) is 0 Å². The summed E-state index contributed by atoms with van der Waals surface area (Å²) in [4.78, 5) is 9.77. The zero-order valence-corrected chi connectivity index (χ0v) is 9.35. The van der Waals surface area contributed by atoms with Crippen molar-refractivity contribution in [1.82, 2.24) is 0 Å². The van der Waals surface area contributed by atoms with Gasteiger partial charge in [-0.3, -0.25) is 0 Å². The molecule has 0 rings (SSSR count). The Kier molecular flexibility index (Phi) is 10.1. The summed E-state index contributed by atoms with van der Waals surface area (Å²) in [6, 6.07) is 0. The van der Waals surface area contributed by atoms with Crippen LogP contribution in [0.1, 0.15) is 6.42 Å². The molecule has 11 heavy (non-hydrogen) atoms. The molecule has 0 aromatic heterocycles. The fourth-order valence-electron chi connectivity index (χ4n) is 0.428. The summed E-state index contributed by atoms with van der Waals surface area (Å²) in [5.74, 6) is -1.46. The summed E-state index contributed by atoms with van der Waals surface area (Å²) in [6.45, 7) is -0.658. The monoisotopic (exact) mass is 188 g/mol. The standard InChI is InChI=1S/C5H10O5.K/c6-2-4(8)3(7)1-5(9)10;/h3-4,6-8H,1-2H2,(H,9,10);/q;+1/p-1/t3-,4+;/m0./s1. The van der Waals surface area contributed by atoms with Crippen molar-refractivity contribution in [2.24, 2.45) is 0 Å². The van der Waals surface area contributed by atoms with Crippen LogP contribution in [-0.4, -0.2) is 40.1 Å². The second-order valence-electron chi connectivity index (χ2n) is 1.89. The largest absolute Gasteiger partial charge is 1.00 e. The molecular formula is C5H9KO5. The van der Waals surface area contributed by atoms with E-state index in [9.17, 15) is 9.90 Å². The molecule has 5 nitrogen and oxygen atoms in total. The normalized spacial score (nSPS) is 14.8. The minimum absolute atomic E-state index is 0. The average Bonchev–Trinajstić information content (AvgIpc) is 1.85. The topological polar surface area (TPSA) is 101 Å². The third kappa shape index (κ3) is 7.35. The van der Waals surface area contributed by atoms with Crippen molar-refractivity contribution < 1.29 is 76.6 Å². The van der Waals surface area contributed by atoms with Crippen molar-refractivity contribution in [3.8, 4) is 0 Å². The zero-order chi connectivity index (χ0) is 8.15. The first-order valence-electron chi connectivity index (χ1n) is 2.74. The summed E-state index contributed by atoms with van der Waals surface area (Å²) >= 11 is 0. The Labute approximate surface area is 106 Å². The van der Waals surface area contributed by atoms with Gasteiger partial charge in [0.05, 0.1) is 12.7 Å². The van der Waals surface area contributed by atoms with Gasteiger partial charge < -0.3 is 25.2 Å². The molecule has 0 aromatic carbocycles. The maximum atomic E-state index is 9.77. The molecule has 0 spiro atoms. The van der Waals surface area contributed by atoms with Crippen LogP contribution >= 0.6 is 0 Å². The molecule has 0 bridgehead atoms. The summed E-state index contributed by atoms with van der Waals surface area (Å²) < 4.78 is 0. The Morgan fingerprint density at radius 2 is 1.82 bits per heavy atom. The predicted molar refractivity (Wildman–Crippen MR) is 28.7 cm³/mol. The van der Waals surface area contributed by atoms with Gasteiger partial charge in [-0.25, -0.2) is 0 Å². The fourth-order valence-corrected chi connectivity index (χ4v) is 0.428. The summed E-state index contributed by atoms with van der Waals surface area (Å²) in [7, 11) is 0. The fraction of sp³-hybridized carbons (Fsp3) is 0.800. The summed E-state index contributed by atoms with van der Waals surface area (Å²) in [6.07, 6.45) is -3.52. The van der Waals surface area contributed by atoms with E-state index in [0.717, 1.165) is 0 Å². The van der Waals surface area contributed by atoms with Crippen LogP contribution in [0.15, 0.2) is 0 Å². The van der Waals surface area contributed by atoms with Gasteiger partial charge in [-0.15, -0.1) is 0 Å². The Hall–Kier alpha value is 0.986. The second kappa shape index (κ2) is 7.63. The van der Waals surface area contributed by atoms with Gasteiger partial charge in [-0.05, 0) is 0 Å². The summed E-state index contributed by atoms with van der Waals surface area (Å²) in [5, 5.41) is 35.2. The van der Waals surface area contributed by atoms with Gasteiger partial charge in [0.25, 0.3) is 0 Å². The van der Waals surface area contributed by atoms with Crippen molar-refractivity contribution in [3.05, 3.63) is 0 Å². The van der Waals surface area contributed by atoms with E-state index in [-0.39, 0.29) is 51.4 Å². The van der Waals surface area contributed by atoms with Gasteiger partial charge in [0.2, 0.25) is 0 Å². The number of carbonyl (C=O) groups excluding carboxylic acids is 1. The molecule has 0 fully saturated rings. The van der Waals surface area contributed by atoms with E-state index in [1.54, 1.807) is 0 Å². The first kappa shape index (κ1) is 14.5. The Morgan fingerprint density at radius 1 is 1.36 bits per heavy atom. The molecule has 6 heteroatoms. The minimum atomic E-state index is -1.46. The molecule has 0 heterocycles. The van der Waals surface area contributed by atoms with Crippen molar-refractivity contribution in [1.29, 1.82) is 0 Å². The third-order valence-corrected chi connectivity index (χ3v) is 1.01. The van der Waals surface area contributed by atoms with Crippen molar-refractivity contribution in [2.45, 2.75) is 18.6 Å². The van der Waals surface area contributed by atoms with E-state index >= 15 is 0 Å². The SMILES string of the molecule is O=C([O-])C[C@H](O)[C@H](O)CO.[K+]. The van der Waals surface area contributed by atoms with Gasteiger partial charge in [-0.1, -0.05) is 0 Å². The van der Waals surface area contributed by atoms with E-state index in [2.05, 4.69) is 0 Å². The van der Waals surface area contributed by atoms with Crippen LogP contribution in [-0.2, 0) is 4.79 Å². The maximum absolute atomic E-state index is 9.77. The third-order valence-electron chi connectivity index (χ3n) is 1.01. The Bertz CT molecular complexity index is 117. The molecule has 0 aliphatic heterocycles.